The zero-order valence-electron chi connectivity index (χ0n) is 9.53. The van der Waals surface area contributed by atoms with Crippen LogP contribution in [0.5, 0.6) is 0 Å². The molecule has 0 bridgehead atoms. The summed E-state index contributed by atoms with van der Waals surface area (Å²) < 4.78 is 30.5. The van der Waals surface area contributed by atoms with Crippen LogP contribution in [0.1, 0.15) is 26.2 Å². The van der Waals surface area contributed by atoms with E-state index >= 15 is 0 Å². The van der Waals surface area contributed by atoms with Crippen molar-refractivity contribution >= 4 is 10.0 Å². The SMILES string of the molecule is CCC(CCN)NS(=O)(=O)CCCOC. The van der Waals surface area contributed by atoms with Gasteiger partial charge in [0.25, 0.3) is 0 Å². The van der Waals surface area contributed by atoms with Gasteiger partial charge in [-0.1, -0.05) is 6.92 Å². The molecule has 0 saturated heterocycles. The summed E-state index contributed by atoms with van der Waals surface area (Å²) in [6, 6.07) is -0.0393. The highest BCUT2D eigenvalue weighted by molar-refractivity contribution is 7.89. The minimum Gasteiger partial charge on any atom is -0.385 e. The molecule has 0 aromatic rings. The quantitative estimate of drug-likeness (QED) is 0.557. The lowest BCUT2D eigenvalue weighted by molar-refractivity contribution is 0.199. The van der Waals surface area contributed by atoms with Crippen molar-refractivity contribution in [2.75, 3.05) is 26.0 Å². The van der Waals surface area contributed by atoms with Crippen LogP contribution in [0, 0.1) is 0 Å². The van der Waals surface area contributed by atoms with Crippen molar-refractivity contribution in [1.82, 2.24) is 4.72 Å². The Kier molecular flexibility index (Phi) is 7.95. The lowest BCUT2D eigenvalue weighted by Gasteiger charge is -2.15. The van der Waals surface area contributed by atoms with Gasteiger partial charge in [-0.25, -0.2) is 13.1 Å². The molecule has 0 aromatic carbocycles. The van der Waals surface area contributed by atoms with Crippen LogP contribution in [0.25, 0.3) is 0 Å². The zero-order valence-corrected chi connectivity index (χ0v) is 10.3. The molecule has 0 aromatic heterocycles. The van der Waals surface area contributed by atoms with Gasteiger partial charge in [0.05, 0.1) is 5.75 Å². The van der Waals surface area contributed by atoms with Crippen LogP contribution >= 0.6 is 0 Å². The van der Waals surface area contributed by atoms with Gasteiger partial charge in [-0.15, -0.1) is 0 Å². The van der Waals surface area contributed by atoms with Gasteiger partial charge >= 0.3 is 0 Å². The van der Waals surface area contributed by atoms with Crippen LogP contribution in [0.2, 0.25) is 0 Å². The minimum absolute atomic E-state index is 0.0393. The molecule has 0 spiro atoms. The molecule has 92 valence electrons. The highest BCUT2D eigenvalue weighted by atomic mass is 32.2. The normalized spacial score (nSPS) is 14.1. The summed E-state index contributed by atoms with van der Waals surface area (Å²) in [5.74, 6) is 0.113. The first-order valence-electron chi connectivity index (χ1n) is 5.24. The van der Waals surface area contributed by atoms with Gasteiger partial charge < -0.3 is 10.5 Å². The Labute approximate surface area is 92.4 Å². The fourth-order valence-electron chi connectivity index (χ4n) is 1.25. The fourth-order valence-corrected chi connectivity index (χ4v) is 2.66. The number of hydrogen-bond acceptors (Lipinski definition) is 4. The number of nitrogens with two attached hydrogens (primary N) is 1. The molecule has 5 nitrogen and oxygen atoms in total. The van der Waals surface area contributed by atoms with Crippen LogP contribution in [0.3, 0.4) is 0 Å². The zero-order chi connectivity index (χ0) is 11.7. The molecule has 1 unspecified atom stereocenters. The summed E-state index contributed by atoms with van der Waals surface area (Å²) >= 11 is 0. The Bertz CT molecular complexity index is 242. The summed E-state index contributed by atoms with van der Waals surface area (Å²) in [5, 5.41) is 0. The average Bonchev–Trinajstić information content (AvgIpc) is 2.17. The summed E-state index contributed by atoms with van der Waals surface area (Å²) in [4.78, 5) is 0. The standard InChI is InChI=1S/C9H22N2O3S/c1-3-9(5-6-10)11-15(12,13)8-4-7-14-2/h9,11H,3-8,10H2,1-2H3. The van der Waals surface area contributed by atoms with E-state index in [2.05, 4.69) is 4.72 Å². The van der Waals surface area contributed by atoms with Crippen molar-refractivity contribution in [3.63, 3.8) is 0 Å². The molecule has 0 radical (unpaired) electrons. The van der Waals surface area contributed by atoms with E-state index in [0.29, 0.717) is 26.0 Å². The van der Waals surface area contributed by atoms with E-state index in [4.69, 9.17) is 10.5 Å². The van der Waals surface area contributed by atoms with Crippen molar-refractivity contribution in [1.29, 1.82) is 0 Å². The predicted octanol–water partition coefficient (Wildman–Crippen LogP) is 0.0697. The molecular weight excluding hydrogens is 216 g/mol. The first-order valence-corrected chi connectivity index (χ1v) is 6.90. The Hall–Kier alpha value is -0.170. The average molecular weight is 238 g/mol. The molecule has 15 heavy (non-hydrogen) atoms. The molecular formula is C9H22N2O3S. The Morgan fingerprint density at radius 3 is 2.60 bits per heavy atom. The number of sulfonamides is 1. The molecule has 3 N–H and O–H groups in total. The Balaban J connectivity index is 3.99. The maximum atomic E-state index is 11.5. The molecule has 0 heterocycles. The van der Waals surface area contributed by atoms with Crippen molar-refractivity contribution in [3.05, 3.63) is 0 Å². The Morgan fingerprint density at radius 1 is 1.47 bits per heavy atom. The topological polar surface area (TPSA) is 81.4 Å². The molecule has 6 heteroatoms. The number of hydrogen-bond donors (Lipinski definition) is 2. The molecule has 1 atom stereocenters. The summed E-state index contributed by atoms with van der Waals surface area (Å²) in [7, 11) is -1.61. The lowest BCUT2D eigenvalue weighted by atomic mass is 10.2. The van der Waals surface area contributed by atoms with Gasteiger partial charge in [0.1, 0.15) is 0 Å². The molecule has 0 aliphatic carbocycles. The van der Waals surface area contributed by atoms with E-state index < -0.39 is 10.0 Å². The van der Waals surface area contributed by atoms with Gasteiger partial charge in [0.2, 0.25) is 10.0 Å². The van der Waals surface area contributed by atoms with Crippen LogP contribution in [-0.4, -0.2) is 40.5 Å². The Morgan fingerprint density at radius 2 is 2.13 bits per heavy atom. The monoisotopic (exact) mass is 238 g/mol. The fraction of sp³-hybridized carbons (Fsp3) is 1.00. The van der Waals surface area contributed by atoms with E-state index in [-0.39, 0.29) is 11.8 Å². The van der Waals surface area contributed by atoms with Gasteiger partial charge in [0.15, 0.2) is 0 Å². The molecule has 0 aliphatic rings. The molecule has 0 amide bonds. The van der Waals surface area contributed by atoms with Crippen molar-refractivity contribution in [2.45, 2.75) is 32.2 Å². The molecule has 0 fully saturated rings. The highest BCUT2D eigenvalue weighted by Crippen LogP contribution is 2.00. The van der Waals surface area contributed by atoms with Crippen LogP contribution in [-0.2, 0) is 14.8 Å². The second-order valence-corrected chi connectivity index (χ2v) is 5.34. The third-order valence-electron chi connectivity index (χ3n) is 2.12. The van der Waals surface area contributed by atoms with E-state index in [1.54, 1.807) is 7.11 Å². The maximum Gasteiger partial charge on any atom is 0.211 e. The van der Waals surface area contributed by atoms with E-state index in [1.807, 2.05) is 6.92 Å². The van der Waals surface area contributed by atoms with Gasteiger partial charge in [-0.05, 0) is 25.8 Å². The summed E-state index contributed by atoms with van der Waals surface area (Å²) in [6.07, 6.45) is 1.96. The van der Waals surface area contributed by atoms with Gasteiger partial charge in [-0.3, -0.25) is 0 Å². The van der Waals surface area contributed by atoms with Crippen LogP contribution in [0.4, 0.5) is 0 Å². The third kappa shape index (κ3) is 7.72. The van der Waals surface area contributed by atoms with Crippen molar-refractivity contribution < 1.29 is 13.2 Å². The van der Waals surface area contributed by atoms with Crippen LogP contribution in [0.15, 0.2) is 0 Å². The smallest absolute Gasteiger partial charge is 0.211 e. The number of nitrogens with one attached hydrogen (secondary N) is 1. The van der Waals surface area contributed by atoms with Crippen molar-refractivity contribution in [2.24, 2.45) is 5.73 Å². The van der Waals surface area contributed by atoms with Crippen molar-refractivity contribution in [3.8, 4) is 0 Å². The number of methoxy groups -OCH3 is 1. The van der Waals surface area contributed by atoms with Crippen LogP contribution < -0.4 is 10.5 Å². The number of ether oxygens (including phenoxy) is 1. The lowest BCUT2D eigenvalue weighted by Crippen LogP contribution is -2.37. The first kappa shape index (κ1) is 14.8. The summed E-state index contributed by atoms with van der Waals surface area (Å²) in [5.41, 5.74) is 5.39. The van der Waals surface area contributed by atoms with Gasteiger partial charge in [0, 0.05) is 19.8 Å². The maximum absolute atomic E-state index is 11.5. The van der Waals surface area contributed by atoms with Gasteiger partial charge in [-0.2, -0.15) is 0 Å². The van der Waals surface area contributed by atoms with E-state index in [1.165, 1.54) is 0 Å². The summed E-state index contributed by atoms with van der Waals surface area (Å²) in [6.45, 7) is 2.91. The first-order chi connectivity index (χ1) is 7.05. The number of rotatable bonds is 9. The molecule has 0 rings (SSSR count). The second kappa shape index (κ2) is 8.04. The molecule has 0 aliphatic heterocycles. The highest BCUT2D eigenvalue weighted by Gasteiger charge is 2.15. The van der Waals surface area contributed by atoms with E-state index in [9.17, 15) is 8.42 Å². The third-order valence-corrected chi connectivity index (χ3v) is 3.63. The second-order valence-electron chi connectivity index (χ2n) is 3.47. The predicted molar refractivity (Wildman–Crippen MR) is 61.2 cm³/mol. The minimum atomic E-state index is -3.17. The largest absolute Gasteiger partial charge is 0.385 e. The van der Waals surface area contributed by atoms with E-state index in [0.717, 1.165) is 6.42 Å². The molecule has 0 saturated carbocycles.